The van der Waals surface area contributed by atoms with E-state index in [1.807, 2.05) is 0 Å². The van der Waals surface area contributed by atoms with Crippen molar-refractivity contribution in [2.24, 2.45) is 0 Å². The highest BCUT2D eigenvalue weighted by atomic mass is 35.5. The van der Waals surface area contributed by atoms with Gasteiger partial charge in [-0.15, -0.1) is 10.2 Å². The van der Waals surface area contributed by atoms with Crippen LogP contribution >= 0.6 is 11.6 Å². The highest BCUT2D eigenvalue weighted by molar-refractivity contribution is 7.92. The van der Waals surface area contributed by atoms with Gasteiger partial charge in [-0.05, 0) is 69.2 Å². The largest absolute Gasteiger partial charge is 0.421 e. The van der Waals surface area contributed by atoms with Crippen molar-refractivity contribution in [1.82, 2.24) is 20.1 Å². The lowest BCUT2D eigenvalue weighted by Crippen LogP contribution is -2.34. The van der Waals surface area contributed by atoms with Crippen LogP contribution in [0, 0.1) is 12.7 Å². The van der Waals surface area contributed by atoms with Gasteiger partial charge >= 0.3 is 0 Å². The summed E-state index contributed by atoms with van der Waals surface area (Å²) in [6.07, 6.45) is 4.37. The molecule has 0 amide bonds. The van der Waals surface area contributed by atoms with E-state index in [4.69, 9.17) is 16.0 Å². The van der Waals surface area contributed by atoms with E-state index < -0.39 is 15.8 Å². The van der Waals surface area contributed by atoms with Crippen LogP contribution in [0.25, 0.3) is 11.5 Å². The van der Waals surface area contributed by atoms with E-state index in [1.54, 1.807) is 25.3 Å². The summed E-state index contributed by atoms with van der Waals surface area (Å²) in [5, 5.41) is 7.62. The van der Waals surface area contributed by atoms with Gasteiger partial charge in [0.15, 0.2) is 0 Å². The molecule has 11 heteroatoms. The van der Waals surface area contributed by atoms with Gasteiger partial charge in [-0.25, -0.2) is 12.8 Å². The maximum absolute atomic E-state index is 13.7. The average Bonchev–Trinajstić information content (AvgIpc) is 3.46. The van der Waals surface area contributed by atoms with Crippen LogP contribution in [0.5, 0.6) is 0 Å². The molecule has 1 aromatic carbocycles. The van der Waals surface area contributed by atoms with Crippen molar-refractivity contribution in [3.8, 4) is 11.5 Å². The molecule has 0 N–H and O–H groups in total. The molecule has 0 atom stereocenters. The molecule has 1 saturated heterocycles. The summed E-state index contributed by atoms with van der Waals surface area (Å²) in [6.45, 7) is 4.42. The molecule has 8 nitrogen and oxygen atoms in total. The standard InChI is InChI=1S/C22H25ClFN5O3S/c1-16-26-27-22(32-16)17-5-6-18(25-14-17)15-29(19-7-8-21(24)20(23)13-19)33(30,31)12-4-11-28-9-2-3-10-28/h5-8,13-14H,2-4,9-12,15H2,1H3. The third kappa shape index (κ3) is 5.87. The summed E-state index contributed by atoms with van der Waals surface area (Å²) >= 11 is 5.95. The molecule has 4 rings (SSSR count). The smallest absolute Gasteiger partial charge is 0.249 e. The van der Waals surface area contributed by atoms with Crippen LogP contribution in [0.1, 0.15) is 30.8 Å². The zero-order valence-corrected chi connectivity index (χ0v) is 19.8. The third-order valence-corrected chi connectivity index (χ3v) is 7.61. The van der Waals surface area contributed by atoms with Crippen molar-refractivity contribution in [3.63, 3.8) is 0 Å². The first kappa shape index (κ1) is 23.6. The molecule has 2 aromatic heterocycles. The minimum Gasteiger partial charge on any atom is -0.421 e. The molecule has 33 heavy (non-hydrogen) atoms. The lowest BCUT2D eigenvalue weighted by molar-refractivity contribution is 0.340. The minimum atomic E-state index is -3.71. The van der Waals surface area contributed by atoms with Crippen molar-refractivity contribution >= 4 is 27.3 Å². The Kier molecular flexibility index (Phi) is 7.26. The van der Waals surface area contributed by atoms with Crippen LogP contribution in [0.15, 0.2) is 40.9 Å². The number of aromatic nitrogens is 3. The predicted octanol–water partition coefficient (Wildman–Crippen LogP) is 4.05. The number of rotatable bonds is 9. The number of hydrogen-bond acceptors (Lipinski definition) is 7. The Morgan fingerprint density at radius 1 is 1.18 bits per heavy atom. The highest BCUT2D eigenvalue weighted by Crippen LogP contribution is 2.27. The molecule has 1 aliphatic heterocycles. The molecule has 3 heterocycles. The Balaban J connectivity index is 1.54. The topological polar surface area (TPSA) is 92.4 Å². The SMILES string of the molecule is Cc1nnc(-c2ccc(CN(c3ccc(F)c(Cl)c3)S(=O)(=O)CCCN3CCCC3)nc2)o1. The van der Waals surface area contributed by atoms with Gasteiger partial charge in [0.1, 0.15) is 5.82 Å². The lowest BCUT2D eigenvalue weighted by atomic mass is 10.2. The second kappa shape index (κ2) is 10.1. The summed E-state index contributed by atoms with van der Waals surface area (Å²) in [6, 6.07) is 7.34. The van der Waals surface area contributed by atoms with Crippen molar-refractivity contribution in [1.29, 1.82) is 0 Å². The fourth-order valence-corrected chi connectivity index (χ4v) is 5.44. The minimum absolute atomic E-state index is 0.0167. The second-order valence-corrected chi connectivity index (χ2v) is 10.4. The molecule has 0 bridgehead atoms. The van der Waals surface area contributed by atoms with Gasteiger partial charge in [0.25, 0.3) is 0 Å². The summed E-state index contributed by atoms with van der Waals surface area (Å²) in [5.74, 6) is 0.138. The van der Waals surface area contributed by atoms with Crippen LogP contribution in [0.2, 0.25) is 5.02 Å². The van der Waals surface area contributed by atoms with E-state index >= 15 is 0 Å². The Labute approximate surface area is 197 Å². The fraction of sp³-hybridized carbons (Fsp3) is 0.409. The summed E-state index contributed by atoms with van der Waals surface area (Å²) < 4.78 is 47.0. The quantitative estimate of drug-likeness (QED) is 0.444. The Morgan fingerprint density at radius 2 is 1.97 bits per heavy atom. The molecule has 0 spiro atoms. The van der Waals surface area contributed by atoms with Crippen LogP contribution in [0.3, 0.4) is 0 Å². The number of sulfonamides is 1. The van der Waals surface area contributed by atoms with E-state index in [-0.39, 0.29) is 17.3 Å². The van der Waals surface area contributed by atoms with Crippen LogP contribution in [0.4, 0.5) is 10.1 Å². The molecule has 1 aliphatic rings. The molecular weight excluding hydrogens is 469 g/mol. The van der Waals surface area contributed by atoms with Gasteiger partial charge in [-0.3, -0.25) is 9.29 Å². The number of nitrogens with zero attached hydrogens (tertiary/aromatic N) is 5. The van der Waals surface area contributed by atoms with Gasteiger partial charge in [-0.2, -0.15) is 0 Å². The normalized spacial score (nSPS) is 14.6. The number of hydrogen-bond donors (Lipinski definition) is 0. The number of halogens is 2. The van der Waals surface area contributed by atoms with Gasteiger partial charge in [0, 0.05) is 13.1 Å². The summed E-state index contributed by atoms with van der Waals surface area (Å²) in [4.78, 5) is 6.65. The number of likely N-dealkylation sites (tertiary alicyclic amines) is 1. The highest BCUT2D eigenvalue weighted by Gasteiger charge is 2.25. The molecule has 0 radical (unpaired) electrons. The van der Waals surface area contributed by atoms with Gasteiger partial charge in [0.2, 0.25) is 21.8 Å². The predicted molar refractivity (Wildman–Crippen MR) is 124 cm³/mol. The summed E-state index contributed by atoms with van der Waals surface area (Å²) in [7, 11) is -3.71. The first-order chi connectivity index (χ1) is 15.8. The Hall–Kier alpha value is -2.56. The van der Waals surface area contributed by atoms with E-state index in [9.17, 15) is 12.8 Å². The zero-order valence-electron chi connectivity index (χ0n) is 18.2. The molecule has 0 saturated carbocycles. The van der Waals surface area contributed by atoms with Crippen molar-refractivity contribution in [2.45, 2.75) is 32.7 Å². The molecule has 0 aliphatic carbocycles. The maximum Gasteiger partial charge on any atom is 0.249 e. The van der Waals surface area contributed by atoms with Gasteiger partial charge in [0.05, 0.1) is 34.3 Å². The van der Waals surface area contributed by atoms with Gasteiger partial charge in [-0.1, -0.05) is 11.6 Å². The lowest BCUT2D eigenvalue weighted by Gasteiger charge is -2.25. The van der Waals surface area contributed by atoms with E-state index in [2.05, 4.69) is 20.1 Å². The number of pyridine rings is 1. The fourth-order valence-electron chi connectivity index (χ4n) is 3.78. The molecule has 0 unspecified atom stereocenters. The van der Waals surface area contributed by atoms with Crippen molar-refractivity contribution in [2.75, 3.05) is 29.7 Å². The van der Waals surface area contributed by atoms with Crippen LogP contribution in [-0.2, 0) is 16.6 Å². The average molecular weight is 494 g/mol. The first-order valence-corrected chi connectivity index (χ1v) is 12.7. The first-order valence-electron chi connectivity index (χ1n) is 10.7. The molecule has 176 valence electrons. The van der Waals surface area contributed by atoms with Gasteiger partial charge < -0.3 is 9.32 Å². The zero-order chi connectivity index (χ0) is 23.4. The molecular formula is C22H25ClFN5O3S. The van der Waals surface area contributed by atoms with Crippen molar-refractivity contribution in [3.05, 3.63) is 59.0 Å². The van der Waals surface area contributed by atoms with Crippen LogP contribution < -0.4 is 4.31 Å². The van der Waals surface area contributed by atoms with E-state index in [1.165, 1.54) is 22.5 Å². The number of benzene rings is 1. The molecule has 3 aromatic rings. The Morgan fingerprint density at radius 3 is 2.61 bits per heavy atom. The third-order valence-electron chi connectivity index (χ3n) is 5.51. The number of anilines is 1. The van der Waals surface area contributed by atoms with E-state index in [0.717, 1.165) is 32.5 Å². The summed E-state index contributed by atoms with van der Waals surface area (Å²) in [5.41, 5.74) is 1.43. The molecule has 1 fully saturated rings. The van der Waals surface area contributed by atoms with E-state index in [0.29, 0.717) is 35.1 Å². The van der Waals surface area contributed by atoms with Crippen molar-refractivity contribution < 1.29 is 17.2 Å². The monoisotopic (exact) mass is 493 g/mol. The van der Waals surface area contributed by atoms with Crippen LogP contribution in [-0.4, -0.2) is 53.9 Å². The maximum atomic E-state index is 13.7. The Bertz CT molecular complexity index is 1200. The second-order valence-electron chi connectivity index (χ2n) is 7.99. The number of aryl methyl sites for hydroxylation is 1.